The monoisotopic (exact) mass is 394 g/mol. The number of halogens is 1. The van der Waals surface area contributed by atoms with Gasteiger partial charge in [-0.3, -0.25) is 25.2 Å². The predicted octanol–water partition coefficient (Wildman–Crippen LogP) is 2.35. The van der Waals surface area contributed by atoms with E-state index in [1.165, 1.54) is 0 Å². The molecule has 2 heterocycles. The average Bonchev–Trinajstić information content (AvgIpc) is 3.10. The lowest BCUT2D eigenvalue weighted by atomic mass is 10.2. The molecule has 1 aliphatic rings. The lowest BCUT2D eigenvalue weighted by Gasteiger charge is -2.25. The topological polar surface area (TPSA) is 93.7 Å². The highest BCUT2D eigenvalue weighted by Gasteiger charge is 2.27. The average molecular weight is 395 g/mol. The van der Waals surface area contributed by atoms with E-state index >= 15 is 0 Å². The number of fused-ring (bicyclic) bond motifs is 1. The number of carbonyl (C=O) groups excluding carboxylic acids is 3. The van der Waals surface area contributed by atoms with Crippen molar-refractivity contribution in [2.75, 3.05) is 6.61 Å². The van der Waals surface area contributed by atoms with Gasteiger partial charge in [0.25, 0.3) is 5.91 Å². The van der Waals surface area contributed by atoms with Crippen LogP contribution in [0.25, 0.3) is 0 Å². The van der Waals surface area contributed by atoms with Crippen LogP contribution in [-0.4, -0.2) is 30.3 Å². The number of hydrazine groups is 1. The minimum atomic E-state index is -0.875. The molecule has 2 N–H and O–H groups in total. The van der Waals surface area contributed by atoms with Gasteiger partial charge in [-0.25, -0.2) is 0 Å². The first kappa shape index (κ1) is 18.2. The van der Waals surface area contributed by atoms with Crippen LogP contribution in [-0.2, 0) is 9.59 Å². The summed E-state index contributed by atoms with van der Waals surface area (Å²) < 4.78 is 11.5. The minimum absolute atomic E-state index is 0.0228. The molecule has 2 amide bonds. The van der Waals surface area contributed by atoms with Gasteiger partial charge in [-0.15, -0.1) is 11.3 Å². The SMILES string of the molecule is O=C(CCC(=O)c1ccc(Cl)s1)NNC(=O)C1COc2ccccc2O1. The lowest BCUT2D eigenvalue weighted by molar-refractivity contribution is -0.135. The number of hydrogen-bond acceptors (Lipinski definition) is 6. The van der Waals surface area contributed by atoms with Gasteiger partial charge in [0.15, 0.2) is 17.3 Å². The molecular formula is C17H15ClN2O5S. The van der Waals surface area contributed by atoms with Gasteiger partial charge in [0, 0.05) is 12.8 Å². The third-order valence-corrected chi connectivity index (χ3v) is 4.83. The fourth-order valence-corrected chi connectivity index (χ4v) is 3.25. The van der Waals surface area contributed by atoms with E-state index in [0.717, 1.165) is 11.3 Å². The Balaban J connectivity index is 1.42. The molecule has 0 saturated heterocycles. The number of ketones is 1. The number of nitrogens with one attached hydrogen (secondary N) is 2. The van der Waals surface area contributed by atoms with Gasteiger partial charge in [-0.05, 0) is 24.3 Å². The van der Waals surface area contributed by atoms with Gasteiger partial charge in [0.1, 0.15) is 6.61 Å². The van der Waals surface area contributed by atoms with Crippen molar-refractivity contribution in [3.63, 3.8) is 0 Å². The molecule has 26 heavy (non-hydrogen) atoms. The normalized spacial score (nSPS) is 15.2. The van der Waals surface area contributed by atoms with Crippen molar-refractivity contribution in [2.45, 2.75) is 18.9 Å². The molecule has 1 aliphatic heterocycles. The molecule has 1 aromatic heterocycles. The fourth-order valence-electron chi connectivity index (χ4n) is 2.24. The number of thiophene rings is 1. The third kappa shape index (κ3) is 4.53. The van der Waals surface area contributed by atoms with Crippen LogP contribution in [0.5, 0.6) is 11.5 Å². The van der Waals surface area contributed by atoms with Gasteiger partial charge < -0.3 is 9.47 Å². The first-order valence-electron chi connectivity index (χ1n) is 7.78. The number of benzene rings is 1. The fraction of sp³-hybridized carbons (Fsp3) is 0.235. The Morgan fingerprint density at radius 1 is 1.08 bits per heavy atom. The minimum Gasteiger partial charge on any atom is -0.485 e. The summed E-state index contributed by atoms with van der Waals surface area (Å²) in [5.41, 5.74) is 4.54. The van der Waals surface area contributed by atoms with Crippen LogP contribution < -0.4 is 20.3 Å². The molecule has 0 saturated carbocycles. The molecule has 0 spiro atoms. The molecule has 2 aromatic rings. The van der Waals surface area contributed by atoms with Crippen LogP contribution in [0.3, 0.4) is 0 Å². The molecule has 136 valence electrons. The number of ether oxygens (including phenoxy) is 2. The van der Waals surface area contributed by atoms with Crippen LogP contribution in [0.1, 0.15) is 22.5 Å². The van der Waals surface area contributed by atoms with E-state index in [4.69, 9.17) is 21.1 Å². The highest BCUT2D eigenvalue weighted by atomic mass is 35.5. The van der Waals surface area contributed by atoms with Crippen molar-refractivity contribution in [1.29, 1.82) is 0 Å². The van der Waals surface area contributed by atoms with Crippen molar-refractivity contribution < 1.29 is 23.9 Å². The van der Waals surface area contributed by atoms with Gasteiger partial charge in [0.2, 0.25) is 12.0 Å². The maximum Gasteiger partial charge on any atom is 0.283 e. The van der Waals surface area contributed by atoms with Crippen LogP contribution in [0, 0.1) is 0 Å². The quantitative estimate of drug-likeness (QED) is 0.599. The van der Waals surface area contributed by atoms with E-state index in [2.05, 4.69) is 10.9 Å². The zero-order valence-electron chi connectivity index (χ0n) is 13.5. The molecule has 1 atom stereocenters. The Kier molecular flexibility index (Phi) is 5.75. The third-order valence-electron chi connectivity index (χ3n) is 3.55. The Hall–Kier alpha value is -2.58. The summed E-state index contributed by atoms with van der Waals surface area (Å²) in [6, 6.07) is 10.2. The molecule has 3 rings (SSSR count). The van der Waals surface area contributed by atoms with Crippen LogP contribution in [0.15, 0.2) is 36.4 Å². The maximum absolute atomic E-state index is 12.1. The number of Topliss-reactive ketones (excluding diaryl/α,β-unsaturated/α-hetero) is 1. The largest absolute Gasteiger partial charge is 0.485 e. The zero-order chi connectivity index (χ0) is 18.5. The van der Waals surface area contributed by atoms with Crippen LogP contribution in [0.2, 0.25) is 4.34 Å². The number of amides is 2. The summed E-state index contributed by atoms with van der Waals surface area (Å²) in [5, 5.41) is 0. The second-order valence-electron chi connectivity index (χ2n) is 5.43. The molecule has 1 unspecified atom stereocenters. The number of hydrogen-bond donors (Lipinski definition) is 2. The predicted molar refractivity (Wildman–Crippen MR) is 95.5 cm³/mol. The van der Waals surface area contributed by atoms with Crippen molar-refractivity contribution >= 4 is 40.5 Å². The number of rotatable bonds is 5. The molecule has 0 bridgehead atoms. The second kappa shape index (κ2) is 8.20. The Morgan fingerprint density at radius 2 is 1.85 bits per heavy atom. The van der Waals surface area contributed by atoms with Crippen molar-refractivity contribution in [2.24, 2.45) is 0 Å². The van der Waals surface area contributed by atoms with Gasteiger partial charge in [-0.1, -0.05) is 23.7 Å². The first-order valence-corrected chi connectivity index (χ1v) is 8.98. The first-order chi connectivity index (χ1) is 12.5. The van der Waals surface area contributed by atoms with E-state index < -0.39 is 17.9 Å². The van der Waals surface area contributed by atoms with E-state index in [1.807, 2.05) is 0 Å². The smallest absolute Gasteiger partial charge is 0.283 e. The van der Waals surface area contributed by atoms with E-state index in [0.29, 0.717) is 20.7 Å². The summed E-state index contributed by atoms with van der Waals surface area (Å²) in [5.74, 6) is -0.169. The van der Waals surface area contributed by atoms with Gasteiger partial charge in [-0.2, -0.15) is 0 Å². The summed E-state index contributed by atoms with van der Waals surface area (Å²) in [6.45, 7) is 0.0380. The van der Waals surface area contributed by atoms with E-state index in [1.54, 1.807) is 36.4 Å². The van der Waals surface area contributed by atoms with Gasteiger partial charge in [0.05, 0.1) is 9.21 Å². The summed E-state index contributed by atoms with van der Waals surface area (Å²) in [7, 11) is 0. The lowest BCUT2D eigenvalue weighted by Crippen LogP contribution is -2.50. The highest BCUT2D eigenvalue weighted by molar-refractivity contribution is 7.18. The van der Waals surface area contributed by atoms with Crippen LogP contribution >= 0.6 is 22.9 Å². The van der Waals surface area contributed by atoms with Crippen molar-refractivity contribution in [1.82, 2.24) is 10.9 Å². The van der Waals surface area contributed by atoms with Gasteiger partial charge >= 0.3 is 0 Å². The Bertz CT molecular complexity index is 838. The summed E-state index contributed by atoms with van der Waals surface area (Å²) in [6.07, 6.45) is -0.908. The van der Waals surface area contributed by atoms with E-state index in [-0.39, 0.29) is 25.2 Å². The highest BCUT2D eigenvalue weighted by Crippen LogP contribution is 2.30. The number of carbonyl (C=O) groups is 3. The Morgan fingerprint density at radius 3 is 2.58 bits per heavy atom. The molecule has 9 heteroatoms. The molecule has 7 nitrogen and oxygen atoms in total. The molecule has 0 fully saturated rings. The molecule has 0 aliphatic carbocycles. The molecule has 0 radical (unpaired) electrons. The van der Waals surface area contributed by atoms with E-state index in [9.17, 15) is 14.4 Å². The van der Waals surface area contributed by atoms with Crippen molar-refractivity contribution in [3.05, 3.63) is 45.6 Å². The van der Waals surface area contributed by atoms with Crippen molar-refractivity contribution in [3.8, 4) is 11.5 Å². The maximum atomic E-state index is 12.1. The number of para-hydroxylation sites is 2. The summed E-state index contributed by atoms with van der Waals surface area (Å²) in [4.78, 5) is 36.3. The van der Waals surface area contributed by atoms with Crippen LogP contribution in [0.4, 0.5) is 0 Å². The summed E-state index contributed by atoms with van der Waals surface area (Å²) >= 11 is 6.94. The molecule has 1 aromatic carbocycles. The Labute approximate surface area is 158 Å². The second-order valence-corrected chi connectivity index (χ2v) is 7.14. The standard InChI is InChI=1S/C17H15ClN2O5S/c18-15-7-6-14(26-15)10(21)5-8-16(22)19-20-17(23)13-9-24-11-3-1-2-4-12(11)25-13/h1-4,6-7,13H,5,8-9H2,(H,19,22)(H,20,23). The molecular weight excluding hydrogens is 380 g/mol. The zero-order valence-corrected chi connectivity index (χ0v) is 15.1.